The van der Waals surface area contributed by atoms with Gasteiger partial charge in [0.25, 0.3) is 0 Å². The maximum Gasteiger partial charge on any atom is 0.234 e. The molecule has 8 heteroatoms. The monoisotopic (exact) mass is 400 g/mol. The fourth-order valence-electron chi connectivity index (χ4n) is 2.28. The minimum atomic E-state index is -0.110. The quantitative estimate of drug-likeness (QED) is 0.522. The summed E-state index contributed by atoms with van der Waals surface area (Å²) in [4.78, 5) is 12.2. The van der Waals surface area contributed by atoms with Crippen molar-refractivity contribution in [3.05, 3.63) is 60.2 Å². The van der Waals surface area contributed by atoms with Crippen molar-refractivity contribution in [2.45, 2.75) is 17.8 Å². The minimum Gasteiger partial charge on any atom is -0.492 e. The van der Waals surface area contributed by atoms with E-state index in [4.69, 9.17) is 4.74 Å². The average Bonchev–Trinajstić information content (AvgIpc) is 3.15. The maximum atomic E-state index is 12.2. The molecule has 140 valence electrons. The lowest BCUT2D eigenvalue weighted by atomic mass is 10.2. The summed E-state index contributed by atoms with van der Waals surface area (Å²) >= 11 is 2.80. The SMILES string of the molecule is CCOc1ccccc1NC(=O)CSc1nnc(NCc2ccccc2)s1. The lowest BCUT2D eigenvalue weighted by molar-refractivity contribution is -0.113. The molecule has 0 spiro atoms. The number of nitrogens with one attached hydrogen (secondary N) is 2. The predicted molar refractivity (Wildman–Crippen MR) is 111 cm³/mol. The van der Waals surface area contributed by atoms with E-state index in [1.165, 1.54) is 28.7 Å². The third-order valence-corrected chi connectivity index (χ3v) is 5.50. The van der Waals surface area contributed by atoms with Crippen LogP contribution in [0.4, 0.5) is 10.8 Å². The van der Waals surface area contributed by atoms with E-state index in [9.17, 15) is 4.79 Å². The molecule has 0 unspecified atom stereocenters. The van der Waals surface area contributed by atoms with Crippen molar-refractivity contribution in [1.82, 2.24) is 10.2 Å². The van der Waals surface area contributed by atoms with Gasteiger partial charge in [0.1, 0.15) is 5.75 Å². The van der Waals surface area contributed by atoms with Crippen molar-refractivity contribution < 1.29 is 9.53 Å². The highest BCUT2D eigenvalue weighted by Gasteiger charge is 2.10. The molecule has 0 aliphatic heterocycles. The van der Waals surface area contributed by atoms with Gasteiger partial charge in [-0.25, -0.2) is 0 Å². The third kappa shape index (κ3) is 5.97. The van der Waals surface area contributed by atoms with Crippen molar-refractivity contribution in [3.8, 4) is 5.75 Å². The van der Waals surface area contributed by atoms with Crippen LogP contribution in [0.3, 0.4) is 0 Å². The Morgan fingerprint density at radius 3 is 2.70 bits per heavy atom. The van der Waals surface area contributed by atoms with E-state index in [0.717, 1.165) is 9.47 Å². The van der Waals surface area contributed by atoms with Crippen molar-refractivity contribution in [3.63, 3.8) is 0 Å². The molecule has 0 atom stereocenters. The molecular weight excluding hydrogens is 380 g/mol. The first-order valence-electron chi connectivity index (χ1n) is 8.50. The lowest BCUT2D eigenvalue weighted by Crippen LogP contribution is -2.14. The number of hydrogen-bond donors (Lipinski definition) is 2. The van der Waals surface area contributed by atoms with Crippen molar-refractivity contribution in [2.75, 3.05) is 23.0 Å². The van der Waals surface area contributed by atoms with Gasteiger partial charge in [-0.1, -0.05) is 65.6 Å². The number of hydrogen-bond acceptors (Lipinski definition) is 7. The van der Waals surface area contributed by atoms with E-state index in [-0.39, 0.29) is 11.7 Å². The number of rotatable bonds is 9. The van der Waals surface area contributed by atoms with Crippen LogP contribution < -0.4 is 15.4 Å². The van der Waals surface area contributed by atoms with Crippen LogP contribution in [0.1, 0.15) is 12.5 Å². The van der Waals surface area contributed by atoms with Crippen molar-refractivity contribution >= 4 is 39.8 Å². The van der Waals surface area contributed by atoms with Crippen LogP contribution in [0.5, 0.6) is 5.75 Å². The summed E-state index contributed by atoms with van der Waals surface area (Å²) in [6.45, 7) is 3.15. The van der Waals surface area contributed by atoms with Gasteiger partial charge in [0.05, 0.1) is 18.0 Å². The van der Waals surface area contributed by atoms with E-state index in [1.807, 2.05) is 61.5 Å². The molecule has 0 fully saturated rings. The number of benzene rings is 2. The Morgan fingerprint density at radius 1 is 1.11 bits per heavy atom. The second-order valence-corrected chi connectivity index (χ2v) is 7.68. The standard InChI is InChI=1S/C19H20N4O2S2/c1-2-25-16-11-7-6-10-15(16)21-17(24)13-26-19-23-22-18(27-19)20-12-14-8-4-3-5-9-14/h3-11H,2,12-13H2,1H3,(H,20,22)(H,21,24). The summed E-state index contributed by atoms with van der Waals surface area (Å²) in [6, 6.07) is 17.5. The Hall–Kier alpha value is -2.58. The highest BCUT2D eigenvalue weighted by atomic mass is 32.2. The predicted octanol–water partition coefficient (Wildman–Crippen LogP) is 4.28. The van der Waals surface area contributed by atoms with Gasteiger partial charge in [0.15, 0.2) is 4.34 Å². The molecule has 0 saturated carbocycles. The van der Waals surface area contributed by atoms with E-state index in [2.05, 4.69) is 20.8 Å². The first-order chi connectivity index (χ1) is 13.2. The number of aromatic nitrogens is 2. The minimum absolute atomic E-state index is 0.110. The molecule has 0 saturated heterocycles. The van der Waals surface area contributed by atoms with Crippen LogP contribution in [0.25, 0.3) is 0 Å². The topological polar surface area (TPSA) is 76.1 Å². The van der Waals surface area contributed by atoms with Gasteiger partial charge in [0.2, 0.25) is 11.0 Å². The summed E-state index contributed by atoms with van der Waals surface area (Å²) < 4.78 is 6.27. The fraction of sp³-hybridized carbons (Fsp3) is 0.211. The van der Waals surface area contributed by atoms with Gasteiger partial charge >= 0.3 is 0 Å². The number of anilines is 2. The smallest absolute Gasteiger partial charge is 0.234 e. The molecule has 27 heavy (non-hydrogen) atoms. The normalized spacial score (nSPS) is 10.4. The Bertz CT molecular complexity index is 871. The number of nitrogens with zero attached hydrogens (tertiary/aromatic N) is 2. The van der Waals surface area contributed by atoms with Gasteiger partial charge in [-0.15, -0.1) is 10.2 Å². The number of carbonyl (C=O) groups excluding carboxylic acids is 1. The zero-order valence-electron chi connectivity index (χ0n) is 14.8. The summed E-state index contributed by atoms with van der Waals surface area (Å²) in [6.07, 6.45) is 0. The highest BCUT2D eigenvalue weighted by molar-refractivity contribution is 8.01. The first-order valence-corrected chi connectivity index (χ1v) is 10.3. The van der Waals surface area contributed by atoms with E-state index in [1.54, 1.807) is 0 Å². The molecule has 0 aliphatic rings. The van der Waals surface area contributed by atoms with Crippen LogP contribution in [0.2, 0.25) is 0 Å². The largest absolute Gasteiger partial charge is 0.492 e. The second kappa shape index (κ2) is 9.94. The van der Waals surface area contributed by atoms with Crippen LogP contribution in [-0.2, 0) is 11.3 Å². The molecule has 3 rings (SSSR count). The lowest BCUT2D eigenvalue weighted by Gasteiger charge is -2.10. The Balaban J connectivity index is 1.47. The van der Waals surface area contributed by atoms with E-state index in [0.29, 0.717) is 24.6 Å². The van der Waals surface area contributed by atoms with E-state index < -0.39 is 0 Å². The van der Waals surface area contributed by atoms with Crippen molar-refractivity contribution in [2.24, 2.45) is 0 Å². The van der Waals surface area contributed by atoms with Gasteiger partial charge in [-0.3, -0.25) is 4.79 Å². The van der Waals surface area contributed by atoms with Crippen LogP contribution in [0, 0.1) is 0 Å². The zero-order chi connectivity index (χ0) is 18.9. The molecule has 0 radical (unpaired) electrons. The summed E-state index contributed by atoms with van der Waals surface area (Å²) in [5.74, 6) is 0.816. The maximum absolute atomic E-state index is 12.2. The Labute approximate surface area is 166 Å². The summed E-state index contributed by atoms with van der Waals surface area (Å²) in [5.41, 5.74) is 1.85. The molecule has 0 aliphatic carbocycles. The van der Waals surface area contributed by atoms with Gasteiger partial charge in [-0.05, 0) is 24.6 Å². The van der Waals surface area contributed by atoms with Gasteiger partial charge < -0.3 is 15.4 Å². The average molecular weight is 401 g/mol. The number of para-hydroxylation sites is 2. The summed E-state index contributed by atoms with van der Waals surface area (Å²) in [5, 5.41) is 15.1. The zero-order valence-corrected chi connectivity index (χ0v) is 16.5. The number of carbonyl (C=O) groups is 1. The van der Waals surface area contributed by atoms with Crippen LogP contribution >= 0.6 is 23.1 Å². The molecular formula is C19H20N4O2S2. The molecule has 0 bridgehead atoms. The fourth-order valence-corrected chi connectivity index (χ4v) is 3.83. The molecule has 1 aromatic heterocycles. The van der Waals surface area contributed by atoms with Crippen LogP contribution in [0.15, 0.2) is 58.9 Å². The second-order valence-electron chi connectivity index (χ2n) is 5.48. The first kappa shape index (κ1) is 19.2. The molecule has 6 nitrogen and oxygen atoms in total. The molecule has 2 N–H and O–H groups in total. The molecule has 1 amide bonds. The Kier molecular flexibility index (Phi) is 7.06. The van der Waals surface area contributed by atoms with Crippen molar-refractivity contribution in [1.29, 1.82) is 0 Å². The van der Waals surface area contributed by atoms with Crippen LogP contribution in [-0.4, -0.2) is 28.5 Å². The van der Waals surface area contributed by atoms with Gasteiger partial charge in [-0.2, -0.15) is 0 Å². The third-order valence-electron chi connectivity index (χ3n) is 3.48. The molecule has 1 heterocycles. The Morgan fingerprint density at radius 2 is 1.89 bits per heavy atom. The van der Waals surface area contributed by atoms with Gasteiger partial charge in [0, 0.05) is 6.54 Å². The number of amides is 1. The number of thioether (sulfide) groups is 1. The molecule has 2 aromatic carbocycles. The summed E-state index contributed by atoms with van der Waals surface area (Å²) in [7, 11) is 0. The molecule has 3 aromatic rings. The highest BCUT2D eigenvalue weighted by Crippen LogP contribution is 2.27. The number of ether oxygens (including phenoxy) is 1. The van der Waals surface area contributed by atoms with E-state index >= 15 is 0 Å².